The maximum Gasteiger partial charge on any atom is 0.213 e. The van der Waals surface area contributed by atoms with Gasteiger partial charge in [-0.05, 0) is 18.2 Å². The van der Waals surface area contributed by atoms with E-state index in [0.717, 1.165) is 25.1 Å². The van der Waals surface area contributed by atoms with Gasteiger partial charge in [0, 0.05) is 18.6 Å². The summed E-state index contributed by atoms with van der Waals surface area (Å²) in [5.41, 5.74) is 1.20. The number of aromatic nitrogens is 1. The first-order chi connectivity index (χ1) is 9.54. The fraction of sp³-hybridized carbons (Fsp3) is 0.267. The van der Waals surface area contributed by atoms with Gasteiger partial charge in [0.1, 0.15) is 16.7 Å². The van der Waals surface area contributed by atoms with Crippen LogP contribution in [-0.4, -0.2) is 13.0 Å². The molecule has 0 N–H and O–H groups in total. The van der Waals surface area contributed by atoms with Gasteiger partial charge in [-0.25, -0.2) is 8.42 Å². The Labute approximate surface area is 119 Å². The van der Waals surface area contributed by atoms with E-state index in [2.05, 4.69) is 6.92 Å². The highest BCUT2D eigenvalue weighted by molar-refractivity contribution is 7.85. The molecular weight excluding hydrogens is 274 g/mol. The van der Waals surface area contributed by atoms with Crippen LogP contribution in [-0.2, 0) is 16.7 Å². The smallest absolute Gasteiger partial charge is 0.213 e. The SMILES string of the molecule is CCCC[n+]1ccccc1-c1ccccc1S(=O)(=O)[O-]. The van der Waals surface area contributed by atoms with E-state index in [9.17, 15) is 13.0 Å². The molecule has 0 saturated carbocycles. The fourth-order valence-electron chi connectivity index (χ4n) is 2.14. The molecule has 0 unspecified atom stereocenters. The molecule has 0 bridgehead atoms. The molecule has 1 aromatic heterocycles. The average Bonchev–Trinajstić information content (AvgIpc) is 2.44. The van der Waals surface area contributed by atoms with Gasteiger partial charge in [-0.2, -0.15) is 4.57 Å². The Hall–Kier alpha value is -1.72. The van der Waals surface area contributed by atoms with E-state index in [-0.39, 0.29) is 4.90 Å². The molecule has 0 radical (unpaired) electrons. The first-order valence-corrected chi connectivity index (χ1v) is 7.98. The zero-order valence-electron chi connectivity index (χ0n) is 11.3. The van der Waals surface area contributed by atoms with Crippen molar-refractivity contribution in [3.8, 4) is 11.3 Å². The van der Waals surface area contributed by atoms with Gasteiger partial charge >= 0.3 is 0 Å². The zero-order valence-corrected chi connectivity index (χ0v) is 12.1. The van der Waals surface area contributed by atoms with Crippen molar-refractivity contribution in [1.82, 2.24) is 0 Å². The average molecular weight is 291 g/mol. The van der Waals surface area contributed by atoms with Crippen molar-refractivity contribution in [1.29, 1.82) is 0 Å². The lowest BCUT2D eigenvalue weighted by atomic mass is 10.1. The monoisotopic (exact) mass is 291 g/mol. The molecule has 2 aromatic rings. The van der Waals surface area contributed by atoms with Crippen molar-refractivity contribution in [2.75, 3.05) is 0 Å². The lowest BCUT2D eigenvalue weighted by molar-refractivity contribution is -0.686. The van der Waals surface area contributed by atoms with Gasteiger partial charge in [0.05, 0.1) is 10.5 Å². The summed E-state index contributed by atoms with van der Waals surface area (Å²) < 4.78 is 36.1. The van der Waals surface area contributed by atoms with Crippen LogP contribution in [0.15, 0.2) is 53.6 Å². The van der Waals surface area contributed by atoms with Crippen LogP contribution in [0.5, 0.6) is 0 Å². The summed E-state index contributed by atoms with van der Waals surface area (Å²) in [6.45, 7) is 2.89. The van der Waals surface area contributed by atoms with Crippen LogP contribution in [0.2, 0.25) is 0 Å². The highest BCUT2D eigenvalue weighted by Gasteiger charge is 2.18. The topological polar surface area (TPSA) is 61.1 Å². The van der Waals surface area contributed by atoms with Crippen molar-refractivity contribution in [3.05, 3.63) is 48.7 Å². The molecule has 1 heterocycles. The van der Waals surface area contributed by atoms with E-state index in [0.29, 0.717) is 5.56 Å². The first kappa shape index (κ1) is 14.7. The third-order valence-corrected chi connectivity index (χ3v) is 4.02. The number of hydrogen-bond acceptors (Lipinski definition) is 3. The normalized spacial score (nSPS) is 11.5. The number of aryl methyl sites for hydroxylation is 1. The molecule has 2 rings (SSSR count). The number of rotatable bonds is 5. The molecule has 0 saturated heterocycles. The summed E-state index contributed by atoms with van der Waals surface area (Å²) in [5.74, 6) is 0. The molecule has 0 fully saturated rings. The van der Waals surface area contributed by atoms with Crippen LogP contribution in [0.25, 0.3) is 11.3 Å². The Morgan fingerprint density at radius 2 is 1.80 bits per heavy atom. The maximum atomic E-state index is 11.4. The summed E-state index contributed by atoms with van der Waals surface area (Å²) in [6.07, 6.45) is 3.94. The van der Waals surface area contributed by atoms with Crippen molar-refractivity contribution in [2.45, 2.75) is 31.2 Å². The third-order valence-electron chi connectivity index (χ3n) is 3.13. The standard InChI is InChI=1S/C15H17NO3S/c1-2-3-11-16-12-7-6-9-14(16)13-8-4-5-10-15(13)20(17,18)19/h4-10,12H,2-3,11H2,1H3. The van der Waals surface area contributed by atoms with E-state index >= 15 is 0 Å². The maximum absolute atomic E-state index is 11.4. The minimum Gasteiger partial charge on any atom is -0.744 e. The highest BCUT2D eigenvalue weighted by Crippen LogP contribution is 2.24. The van der Waals surface area contributed by atoms with E-state index < -0.39 is 10.1 Å². The summed E-state index contributed by atoms with van der Waals surface area (Å²) >= 11 is 0. The molecule has 4 nitrogen and oxygen atoms in total. The van der Waals surface area contributed by atoms with Gasteiger partial charge in [0.2, 0.25) is 5.69 Å². The second-order valence-electron chi connectivity index (χ2n) is 4.58. The predicted molar refractivity (Wildman–Crippen MR) is 74.9 cm³/mol. The molecule has 5 heteroatoms. The molecular formula is C15H17NO3S. The largest absolute Gasteiger partial charge is 0.744 e. The number of pyridine rings is 1. The second kappa shape index (κ2) is 6.15. The van der Waals surface area contributed by atoms with Crippen molar-refractivity contribution >= 4 is 10.1 Å². The van der Waals surface area contributed by atoms with E-state index in [4.69, 9.17) is 0 Å². The highest BCUT2D eigenvalue weighted by atomic mass is 32.2. The number of unbranched alkanes of at least 4 members (excludes halogenated alkanes) is 1. The van der Waals surface area contributed by atoms with Gasteiger partial charge in [0.25, 0.3) is 0 Å². The van der Waals surface area contributed by atoms with Crippen molar-refractivity contribution in [3.63, 3.8) is 0 Å². The Kier molecular flexibility index (Phi) is 4.52. The van der Waals surface area contributed by atoms with Crippen LogP contribution in [0.3, 0.4) is 0 Å². The predicted octanol–water partition coefficient (Wildman–Crippen LogP) is 2.35. The van der Waals surface area contributed by atoms with Crippen LogP contribution in [0, 0.1) is 0 Å². The Bertz CT molecular complexity index is 696. The molecule has 0 aliphatic carbocycles. The van der Waals surface area contributed by atoms with Crippen LogP contribution in [0.1, 0.15) is 19.8 Å². The van der Waals surface area contributed by atoms with Crippen LogP contribution < -0.4 is 4.57 Å². The van der Waals surface area contributed by atoms with Crippen LogP contribution >= 0.6 is 0 Å². The Morgan fingerprint density at radius 1 is 1.10 bits per heavy atom. The minimum absolute atomic E-state index is 0.170. The summed E-state index contributed by atoms with van der Waals surface area (Å²) in [5, 5.41) is 0. The third kappa shape index (κ3) is 3.23. The van der Waals surface area contributed by atoms with Gasteiger partial charge in [0.15, 0.2) is 6.20 Å². The minimum atomic E-state index is -4.48. The van der Waals surface area contributed by atoms with Crippen LogP contribution in [0.4, 0.5) is 0 Å². The fourth-order valence-corrected chi connectivity index (χ4v) is 2.83. The summed E-state index contributed by atoms with van der Waals surface area (Å²) in [6, 6.07) is 11.9. The number of hydrogen-bond donors (Lipinski definition) is 0. The lowest BCUT2D eigenvalue weighted by Crippen LogP contribution is -2.36. The van der Waals surface area contributed by atoms with Crippen molar-refractivity contribution < 1.29 is 17.5 Å². The molecule has 0 atom stereocenters. The van der Waals surface area contributed by atoms with Gasteiger partial charge < -0.3 is 4.55 Å². The molecule has 0 aliphatic rings. The molecule has 0 spiro atoms. The van der Waals surface area contributed by atoms with E-state index in [1.165, 1.54) is 6.07 Å². The lowest BCUT2D eigenvalue weighted by Gasteiger charge is -2.12. The zero-order chi connectivity index (χ0) is 14.6. The first-order valence-electron chi connectivity index (χ1n) is 6.58. The molecule has 0 amide bonds. The quantitative estimate of drug-likeness (QED) is 0.627. The molecule has 20 heavy (non-hydrogen) atoms. The van der Waals surface area contributed by atoms with Gasteiger partial charge in [-0.3, -0.25) is 0 Å². The van der Waals surface area contributed by atoms with Crippen molar-refractivity contribution in [2.24, 2.45) is 0 Å². The number of benzene rings is 1. The molecule has 1 aromatic carbocycles. The summed E-state index contributed by atoms with van der Waals surface area (Å²) in [4.78, 5) is -0.170. The van der Waals surface area contributed by atoms with Gasteiger partial charge in [-0.15, -0.1) is 0 Å². The Balaban J connectivity index is 2.58. The summed E-state index contributed by atoms with van der Waals surface area (Å²) in [7, 11) is -4.48. The second-order valence-corrected chi connectivity index (χ2v) is 5.93. The Morgan fingerprint density at radius 3 is 2.50 bits per heavy atom. The van der Waals surface area contributed by atoms with Gasteiger partial charge in [-0.1, -0.05) is 25.5 Å². The molecule has 106 valence electrons. The van der Waals surface area contributed by atoms with E-state index in [1.807, 2.05) is 29.0 Å². The van der Waals surface area contributed by atoms with E-state index in [1.54, 1.807) is 18.2 Å². The number of nitrogens with zero attached hydrogens (tertiary/aromatic N) is 1. The molecule has 0 aliphatic heterocycles.